The van der Waals surface area contributed by atoms with Crippen LogP contribution >= 0.6 is 0 Å². The summed E-state index contributed by atoms with van der Waals surface area (Å²) < 4.78 is 32.7. The highest BCUT2D eigenvalue weighted by Crippen LogP contribution is 2.24. The Bertz CT molecular complexity index is 1340. The van der Waals surface area contributed by atoms with Gasteiger partial charge in [-0.3, -0.25) is 20.0 Å². The molecule has 0 saturated carbocycles. The average molecular weight is 548 g/mol. The number of nitrogens with one attached hydrogen (secondary N) is 3. The lowest BCUT2D eigenvalue weighted by molar-refractivity contribution is 0.0715. The van der Waals surface area contributed by atoms with E-state index in [4.69, 9.17) is 15.6 Å². The summed E-state index contributed by atoms with van der Waals surface area (Å²) in [6, 6.07) is 11.5. The van der Waals surface area contributed by atoms with Gasteiger partial charge in [0.15, 0.2) is 0 Å². The van der Waals surface area contributed by atoms with Crippen LogP contribution in [0.15, 0.2) is 53.6 Å². The Hall–Kier alpha value is -3.38. The molecular formula is C27H38FN5O4S. The molecule has 0 aliphatic carbocycles. The summed E-state index contributed by atoms with van der Waals surface area (Å²) in [6.07, 6.45) is 1.95. The van der Waals surface area contributed by atoms with Crippen LogP contribution in [0.2, 0.25) is 0 Å². The fourth-order valence-corrected chi connectivity index (χ4v) is 5.27. The van der Waals surface area contributed by atoms with E-state index in [2.05, 4.69) is 15.3 Å². The molecule has 0 aliphatic heterocycles. The first kappa shape index (κ1) is 30.8. The first-order chi connectivity index (χ1) is 17.4. The number of aryl methyl sites for hydroxylation is 1. The van der Waals surface area contributed by atoms with Gasteiger partial charge >= 0.3 is 0 Å². The van der Waals surface area contributed by atoms with E-state index in [9.17, 15) is 13.7 Å². The molecule has 1 heterocycles. The molecule has 0 saturated heterocycles. The highest BCUT2D eigenvalue weighted by atomic mass is 32.2. The molecule has 0 aliphatic rings. The summed E-state index contributed by atoms with van der Waals surface area (Å²) in [5.74, 6) is -1.54. The molecule has 6 N–H and O–H groups in total. The van der Waals surface area contributed by atoms with Crippen LogP contribution in [0.1, 0.15) is 52.6 Å². The highest BCUT2D eigenvalue weighted by molar-refractivity contribution is 7.85. The molecule has 3 aromatic rings. The van der Waals surface area contributed by atoms with Gasteiger partial charge in [-0.05, 0) is 64.1 Å². The molecule has 2 aromatic carbocycles. The van der Waals surface area contributed by atoms with Crippen molar-refractivity contribution < 1.29 is 26.8 Å². The van der Waals surface area contributed by atoms with Gasteiger partial charge in [0, 0.05) is 25.1 Å². The molecule has 0 spiro atoms. The minimum atomic E-state index is -1.29. The summed E-state index contributed by atoms with van der Waals surface area (Å²) >= 11 is 0. The molecule has 208 valence electrons. The van der Waals surface area contributed by atoms with Crippen LogP contribution in [0.25, 0.3) is 11.3 Å². The zero-order chi connectivity index (χ0) is 27.3. The number of hydrogen-bond acceptors (Lipinski definition) is 8. The molecule has 2 atom stereocenters. The van der Waals surface area contributed by atoms with Crippen molar-refractivity contribution in [1.82, 2.24) is 15.3 Å². The molecule has 0 radical (unpaired) electrons. The number of ether oxygens (including phenoxy) is 1. The Labute approximate surface area is 227 Å². The minimum Gasteiger partial charge on any atom is -0.419 e. The summed E-state index contributed by atoms with van der Waals surface area (Å²) in [4.78, 5) is 9.43. The van der Waals surface area contributed by atoms with Crippen LogP contribution in [0.4, 0.5) is 4.39 Å². The topological polar surface area (TPSA) is 164 Å². The third-order valence-corrected chi connectivity index (χ3v) is 7.20. The molecule has 1 aromatic heterocycles. The fraction of sp³-hybridized carbons (Fsp3) is 0.333. The lowest BCUT2D eigenvalue weighted by Crippen LogP contribution is -2.27. The molecule has 0 bridgehead atoms. The smallest absolute Gasteiger partial charge is 0.241 e. The number of benzene rings is 2. The fourth-order valence-electron chi connectivity index (χ4n) is 3.84. The summed E-state index contributed by atoms with van der Waals surface area (Å²) in [5, 5.41) is 29.2. The van der Waals surface area contributed by atoms with Crippen molar-refractivity contribution in [1.29, 1.82) is 10.8 Å². The first-order valence-corrected chi connectivity index (χ1v) is 13.0. The monoisotopic (exact) mass is 547 g/mol. The third-order valence-electron chi connectivity index (χ3n) is 5.57. The van der Waals surface area contributed by atoms with Crippen molar-refractivity contribution in [2.24, 2.45) is 0 Å². The molecule has 2 unspecified atom stereocenters. The van der Waals surface area contributed by atoms with Crippen LogP contribution in [-0.2, 0) is 22.1 Å². The Morgan fingerprint density at radius 2 is 1.87 bits per heavy atom. The van der Waals surface area contributed by atoms with Gasteiger partial charge in [0.25, 0.3) is 0 Å². The van der Waals surface area contributed by atoms with Crippen LogP contribution in [0, 0.1) is 23.6 Å². The number of hydrogen-bond donors (Lipinski definition) is 4. The van der Waals surface area contributed by atoms with Crippen LogP contribution in [0.5, 0.6) is 0 Å². The lowest BCUT2D eigenvalue weighted by Gasteiger charge is -2.21. The Balaban J connectivity index is 0.00000507. The van der Waals surface area contributed by atoms with E-state index >= 15 is 0 Å². The number of aliphatic hydroxyl groups is 1. The van der Waals surface area contributed by atoms with Gasteiger partial charge in [-0.1, -0.05) is 25.1 Å². The van der Waals surface area contributed by atoms with Crippen molar-refractivity contribution in [3.8, 4) is 11.3 Å². The van der Waals surface area contributed by atoms with Crippen LogP contribution < -0.4 is 5.32 Å². The van der Waals surface area contributed by atoms with Gasteiger partial charge in [-0.15, -0.1) is 0 Å². The van der Waals surface area contributed by atoms with E-state index in [-0.39, 0.29) is 24.8 Å². The quantitative estimate of drug-likeness (QED) is 0.234. The van der Waals surface area contributed by atoms with Gasteiger partial charge in [0.2, 0.25) is 11.8 Å². The van der Waals surface area contributed by atoms with Gasteiger partial charge < -0.3 is 20.6 Å². The average Bonchev–Trinajstić information content (AvgIpc) is 2.83. The minimum absolute atomic E-state index is 0. The van der Waals surface area contributed by atoms with E-state index in [0.29, 0.717) is 34.8 Å². The second-order valence-electron chi connectivity index (χ2n) is 9.44. The summed E-state index contributed by atoms with van der Waals surface area (Å²) in [7, 11) is 0.463. The maximum Gasteiger partial charge on any atom is 0.241 e. The predicted molar refractivity (Wildman–Crippen MR) is 151 cm³/mol. The van der Waals surface area contributed by atoms with E-state index in [1.807, 2.05) is 6.92 Å². The number of nitrogens with zero attached hydrogens (tertiary/aromatic N) is 2. The second-order valence-corrected chi connectivity index (χ2v) is 11.3. The largest absolute Gasteiger partial charge is 0.419 e. The molecule has 0 fully saturated rings. The van der Waals surface area contributed by atoms with E-state index < -0.39 is 34.0 Å². The van der Waals surface area contributed by atoms with Gasteiger partial charge in [-0.2, -0.15) is 0 Å². The maximum atomic E-state index is 14.5. The Morgan fingerprint density at radius 3 is 2.45 bits per heavy atom. The van der Waals surface area contributed by atoms with Crippen molar-refractivity contribution in [3.63, 3.8) is 0 Å². The lowest BCUT2D eigenvalue weighted by atomic mass is 10.0. The van der Waals surface area contributed by atoms with Gasteiger partial charge in [0.05, 0.1) is 39.5 Å². The van der Waals surface area contributed by atoms with Crippen LogP contribution in [-0.4, -0.2) is 54.5 Å². The predicted octanol–water partition coefficient (Wildman–Crippen LogP) is 4.00. The standard InChI is InChI=1S/C27H32FN5O3S.H2O.2H2/c1-16(13-27(3,4)34)37(35)20-9-7-19(8-10-20)23-15-32-17(2)24(33-23)26(30)36-25(29)21-11-6-18(14-31-5)12-22(21)28;;;/h6-12,15-16,29-31,34H,13-14H2,1-5H3;1H2;2*1H. The summed E-state index contributed by atoms with van der Waals surface area (Å²) in [5.41, 5.74) is 1.46. The van der Waals surface area contributed by atoms with Crippen molar-refractivity contribution in [3.05, 3.63) is 77.0 Å². The molecule has 9 nitrogen and oxygen atoms in total. The van der Waals surface area contributed by atoms with E-state index in [1.165, 1.54) is 12.1 Å². The summed E-state index contributed by atoms with van der Waals surface area (Å²) in [6.45, 7) is 7.37. The molecule has 0 amide bonds. The number of halogens is 1. The second kappa shape index (κ2) is 12.9. The van der Waals surface area contributed by atoms with Crippen LogP contribution in [0.3, 0.4) is 0 Å². The van der Waals surface area contributed by atoms with Crippen molar-refractivity contribution in [2.75, 3.05) is 7.05 Å². The Morgan fingerprint density at radius 1 is 1.21 bits per heavy atom. The van der Waals surface area contributed by atoms with E-state index in [1.54, 1.807) is 64.3 Å². The van der Waals surface area contributed by atoms with Crippen molar-refractivity contribution in [2.45, 2.75) is 56.4 Å². The Kier molecular flexibility index (Phi) is 10.5. The van der Waals surface area contributed by atoms with E-state index in [0.717, 1.165) is 5.56 Å². The third kappa shape index (κ3) is 7.81. The highest BCUT2D eigenvalue weighted by Gasteiger charge is 2.23. The van der Waals surface area contributed by atoms with Gasteiger partial charge in [0.1, 0.15) is 11.5 Å². The molecule has 3 rings (SSSR count). The zero-order valence-corrected chi connectivity index (χ0v) is 22.9. The molecule has 38 heavy (non-hydrogen) atoms. The van der Waals surface area contributed by atoms with Gasteiger partial charge in [-0.25, -0.2) is 9.37 Å². The normalized spacial score (nSPS) is 12.8. The first-order valence-electron chi connectivity index (χ1n) is 11.8. The molecule has 11 heteroatoms. The maximum absolute atomic E-state index is 14.5. The molecular weight excluding hydrogens is 509 g/mol. The SMILES string of the molecule is CNCc1ccc(C(=N)OC(=N)c2nc(-c3ccc(S(=O)C(C)CC(C)(C)O)cc3)cnc2C)c(F)c1.O.[HH].[HH]. The number of aromatic nitrogens is 2. The zero-order valence-electron chi connectivity index (χ0n) is 22.1. The number of rotatable bonds is 9. The van der Waals surface area contributed by atoms with Crippen molar-refractivity contribution >= 4 is 22.6 Å².